The molecule has 0 spiro atoms. The zero-order valence-corrected chi connectivity index (χ0v) is 15.6. The van der Waals surface area contributed by atoms with Crippen molar-refractivity contribution in [2.24, 2.45) is 5.92 Å². The van der Waals surface area contributed by atoms with Crippen molar-refractivity contribution in [3.8, 4) is 0 Å². The summed E-state index contributed by atoms with van der Waals surface area (Å²) in [7, 11) is 0. The lowest BCUT2D eigenvalue weighted by Crippen LogP contribution is -2.28. The molecule has 2 amide bonds. The van der Waals surface area contributed by atoms with Crippen LogP contribution in [-0.2, 0) is 9.59 Å². The number of amides is 2. The lowest BCUT2D eigenvalue weighted by Gasteiger charge is -2.18. The van der Waals surface area contributed by atoms with Crippen LogP contribution in [-0.4, -0.2) is 18.4 Å². The van der Waals surface area contributed by atoms with Crippen LogP contribution in [0.25, 0.3) is 0 Å². The van der Waals surface area contributed by atoms with Gasteiger partial charge in [0.1, 0.15) is 0 Å². The van der Waals surface area contributed by atoms with Gasteiger partial charge in [0.05, 0.1) is 16.6 Å². The number of nitrogens with zero attached hydrogens (tertiary/aromatic N) is 1. The lowest BCUT2D eigenvalue weighted by atomic mass is 10.1. The molecule has 0 saturated carbocycles. The first kappa shape index (κ1) is 18.1. The Hall–Kier alpha value is -1.75. The van der Waals surface area contributed by atoms with Gasteiger partial charge >= 0.3 is 0 Å². The van der Waals surface area contributed by atoms with E-state index in [9.17, 15) is 9.59 Å². The molecule has 1 fully saturated rings. The molecule has 25 heavy (non-hydrogen) atoms. The van der Waals surface area contributed by atoms with E-state index in [1.807, 2.05) is 13.0 Å². The summed E-state index contributed by atoms with van der Waals surface area (Å²) in [6, 6.07) is 10.2. The molecule has 1 unspecified atom stereocenters. The molecule has 1 atom stereocenters. The summed E-state index contributed by atoms with van der Waals surface area (Å²) in [6.07, 6.45) is 0.129. The van der Waals surface area contributed by atoms with Crippen molar-refractivity contribution < 1.29 is 9.59 Å². The Labute approximate surface area is 160 Å². The second-order valence-corrected chi connectivity index (χ2v) is 7.21. The number of carbonyl (C=O) groups is 2. The molecule has 4 nitrogen and oxygen atoms in total. The van der Waals surface area contributed by atoms with E-state index in [2.05, 4.69) is 5.32 Å². The Morgan fingerprint density at radius 3 is 2.56 bits per heavy atom. The van der Waals surface area contributed by atoms with E-state index in [1.165, 1.54) is 4.90 Å². The Morgan fingerprint density at radius 1 is 1.12 bits per heavy atom. The molecular weight excluding hydrogens is 383 g/mol. The highest BCUT2D eigenvalue weighted by Gasteiger charge is 2.36. The van der Waals surface area contributed by atoms with Crippen LogP contribution < -0.4 is 10.2 Å². The Bertz CT molecular complexity index is 854. The molecule has 0 aromatic heterocycles. The third-order valence-corrected chi connectivity index (χ3v) is 5.08. The van der Waals surface area contributed by atoms with Crippen LogP contribution in [0.2, 0.25) is 15.1 Å². The van der Waals surface area contributed by atoms with Crippen molar-refractivity contribution in [1.82, 2.24) is 0 Å². The van der Waals surface area contributed by atoms with E-state index in [-0.39, 0.29) is 24.8 Å². The molecule has 0 radical (unpaired) electrons. The standard InChI is InChI=1S/C18H15Cl3N2O2/c1-10-2-4-13(8-14(10)20)22-18(25)11-6-17(24)23(9-11)16-5-3-12(19)7-15(16)21/h2-5,7-8,11H,6,9H2,1H3,(H,22,25). The van der Waals surface area contributed by atoms with Crippen LogP contribution in [0.1, 0.15) is 12.0 Å². The largest absolute Gasteiger partial charge is 0.326 e. The monoisotopic (exact) mass is 396 g/mol. The molecule has 3 rings (SSSR count). The van der Waals surface area contributed by atoms with Gasteiger partial charge in [0, 0.05) is 28.7 Å². The topological polar surface area (TPSA) is 49.4 Å². The van der Waals surface area contributed by atoms with E-state index in [0.29, 0.717) is 26.4 Å². The normalized spacial score (nSPS) is 17.0. The molecule has 130 valence electrons. The number of nitrogens with one attached hydrogen (secondary N) is 1. The minimum absolute atomic E-state index is 0.129. The highest BCUT2D eigenvalue weighted by atomic mass is 35.5. The molecular formula is C18H15Cl3N2O2. The average Bonchev–Trinajstić information content (AvgIpc) is 2.93. The minimum atomic E-state index is -0.459. The van der Waals surface area contributed by atoms with Crippen molar-refractivity contribution in [3.63, 3.8) is 0 Å². The van der Waals surface area contributed by atoms with E-state index in [0.717, 1.165) is 5.56 Å². The Kier molecular flexibility index (Phi) is 5.23. The van der Waals surface area contributed by atoms with Gasteiger partial charge in [-0.15, -0.1) is 0 Å². The van der Waals surface area contributed by atoms with Crippen molar-refractivity contribution >= 4 is 58.0 Å². The van der Waals surface area contributed by atoms with Gasteiger partial charge in [-0.05, 0) is 42.8 Å². The van der Waals surface area contributed by atoms with Gasteiger partial charge in [-0.1, -0.05) is 40.9 Å². The number of hydrogen-bond donors (Lipinski definition) is 1. The molecule has 0 aliphatic carbocycles. The van der Waals surface area contributed by atoms with Crippen LogP contribution in [0.15, 0.2) is 36.4 Å². The molecule has 7 heteroatoms. The highest BCUT2D eigenvalue weighted by Crippen LogP contribution is 2.33. The fourth-order valence-electron chi connectivity index (χ4n) is 2.73. The third kappa shape index (κ3) is 3.92. The smallest absolute Gasteiger partial charge is 0.229 e. The van der Waals surface area contributed by atoms with Crippen LogP contribution >= 0.6 is 34.8 Å². The molecule has 2 aromatic carbocycles. The number of carbonyl (C=O) groups excluding carboxylic acids is 2. The predicted molar refractivity (Wildman–Crippen MR) is 102 cm³/mol. The molecule has 1 aliphatic heterocycles. The average molecular weight is 398 g/mol. The number of benzene rings is 2. The summed E-state index contributed by atoms with van der Waals surface area (Å²) < 4.78 is 0. The fourth-order valence-corrected chi connectivity index (χ4v) is 3.42. The van der Waals surface area contributed by atoms with Gasteiger partial charge in [0.2, 0.25) is 11.8 Å². The summed E-state index contributed by atoms with van der Waals surface area (Å²) in [6.45, 7) is 2.16. The molecule has 1 N–H and O–H groups in total. The number of aryl methyl sites for hydroxylation is 1. The Morgan fingerprint density at radius 2 is 1.88 bits per heavy atom. The summed E-state index contributed by atoms with van der Waals surface area (Å²) in [4.78, 5) is 26.3. The van der Waals surface area contributed by atoms with Crippen molar-refractivity contribution in [3.05, 3.63) is 57.0 Å². The zero-order chi connectivity index (χ0) is 18.1. The number of hydrogen-bond acceptors (Lipinski definition) is 2. The van der Waals surface area contributed by atoms with Crippen LogP contribution in [0.3, 0.4) is 0 Å². The van der Waals surface area contributed by atoms with Crippen LogP contribution in [0.4, 0.5) is 11.4 Å². The lowest BCUT2D eigenvalue weighted by molar-refractivity contribution is -0.122. The van der Waals surface area contributed by atoms with E-state index in [1.54, 1.807) is 30.3 Å². The minimum Gasteiger partial charge on any atom is -0.326 e. The van der Waals surface area contributed by atoms with Gasteiger partial charge in [-0.3, -0.25) is 9.59 Å². The number of rotatable bonds is 3. The van der Waals surface area contributed by atoms with Gasteiger partial charge < -0.3 is 10.2 Å². The summed E-state index contributed by atoms with van der Waals surface area (Å²) in [5, 5.41) is 4.26. The Balaban J connectivity index is 1.73. The maximum Gasteiger partial charge on any atom is 0.229 e. The first-order valence-electron chi connectivity index (χ1n) is 7.67. The summed E-state index contributed by atoms with van der Waals surface area (Å²) in [5.41, 5.74) is 2.10. The second-order valence-electron chi connectivity index (χ2n) is 5.95. The van der Waals surface area contributed by atoms with Crippen molar-refractivity contribution in [1.29, 1.82) is 0 Å². The zero-order valence-electron chi connectivity index (χ0n) is 13.4. The predicted octanol–water partition coefficient (Wildman–Crippen LogP) is 4.95. The van der Waals surface area contributed by atoms with E-state index < -0.39 is 5.92 Å². The highest BCUT2D eigenvalue weighted by molar-refractivity contribution is 6.37. The van der Waals surface area contributed by atoms with Crippen molar-refractivity contribution in [2.75, 3.05) is 16.8 Å². The SMILES string of the molecule is Cc1ccc(NC(=O)C2CC(=O)N(c3ccc(Cl)cc3Cl)C2)cc1Cl. The molecule has 2 aromatic rings. The number of halogens is 3. The molecule has 1 heterocycles. The van der Waals surface area contributed by atoms with E-state index >= 15 is 0 Å². The second kappa shape index (κ2) is 7.24. The van der Waals surface area contributed by atoms with Gasteiger partial charge in [0.15, 0.2) is 0 Å². The quantitative estimate of drug-likeness (QED) is 0.797. The first-order chi connectivity index (χ1) is 11.8. The fraction of sp³-hybridized carbons (Fsp3) is 0.222. The maximum absolute atomic E-state index is 12.5. The third-order valence-electron chi connectivity index (χ3n) is 4.14. The molecule has 0 bridgehead atoms. The van der Waals surface area contributed by atoms with Gasteiger partial charge in [-0.25, -0.2) is 0 Å². The summed E-state index contributed by atoms with van der Waals surface area (Å²) >= 11 is 18.1. The van der Waals surface area contributed by atoms with Crippen LogP contribution in [0, 0.1) is 12.8 Å². The van der Waals surface area contributed by atoms with E-state index in [4.69, 9.17) is 34.8 Å². The number of anilines is 2. The first-order valence-corrected chi connectivity index (χ1v) is 8.81. The molecule has 1 aliphatic rings. The summed E-state index contributed by atoms with van der Waals surface area (Å²) in [5.74, 6) is -0.827. The van der Waals surface area contributed by atoms with Gasteiger partial charge in [0.25, 0.3) is 0 Å². The van der Waals surface area contributed by atoms with Crippen molar-refractivity contribution in [2.45, 2.75) is 13.3 Å². The maximum atomic E-state index is 12.5. The van der Waals surface area contributed by atoms with Crippen LogP contribution in [0.5, 0.6) is 0 Å². The van der Waals surface area contributed by atoms with Gasteiger partial charge in [-0.2, -0.15) is 0 Å². The molecule has 1 saturated heterocycles.